The monoisotopic (exact) mass is 270 g/mol. The minimum Gasteiger partial charge on any atom is -0.273 e. The summed E-state index contributed by atoms with van der Waals surface area (Å²) in [7, 11) is 0. The smallest absolute Gasteiger partial charge is 0.243 e. The number of hydrazone groups is 1. The van der Waals surface area contributed by atoms with Crippen molar-refractivity contribution in [3.05, 3.63) is 36.2 Å². The number of nitrogens with zero attached hydrogens (tertiary/aromatic N) is 5. The van der Waals surface area contributed by atoms with E-state index in [1.165, 1.54) is 6.33 Å². The zero-order valence-corrected chi connectivity index (χ0v) is 11.0. The van der Waals surface area contributed by atoms with E-state index in [2.05, 4.69) is 26.1 Å². The van der Waals surface area contributed by atoms with Gasteiger partial charge in [-0.25, -0.2) is 10.1 Å². The molecule has 0 aliphatic heterocycles. The molecule has 0 spiro atoms. The van der Waals surface area contributed by atoms with E-state index in [9.17, 15) is 4.79 Å². The maximum atomic E-state index is 11.5. The van der Waals surface area contributed by atoms with Crippen molar-refractivity contribution in [2.75, 3.05) is 0 Å². The highest BCUT2D eigenvalue weighted by Crippen LogP contribution is 2.28. The van der Waals surface area contributed by atoms with Crippen LogP contribution in [-0.2, 0) is 4.79 Å². The SMILES string of the molecule is C/C(=N\NC(=O)C1CC1)c1cccc(-n2cnnn2)c1. The Morgan fingerprint density at radius 3 is 3.00 bits per heavy atom. The minimum atomic E-state index is 0.000908. The molecule has 1 N–H and O–H groups in total. The van der Waals surface area contributed by atoms with Gasteiger partial charge in [0.2, 0.25) is 5.91 Å². The van der Waals surface area contributed by atoms with Gasteiger partial charge in [0, 0.05) is 5.92 Å². The van der Waals surface area contributed by atoms with Gasteiger partial charge in [-0.2, -0.15) is 5.10 Å². The number of amides is 1. The van der Waals surface area contributed by atoms with E-state index in [0.29, 0.717) is 0 Å². The number of nitrogens with one attached hydrogen (secondary N) is 1. The second kappa shape index (κ2) is 5.20. The Labute approximate surface area is 115 Å². The molecule has 1 amide bonds. The number of benzene rings is 1. The molecule has 7 heteroatoms. The van der Waals surface area contributed by atoms with Crippen LogP contribution in [-0.4, -0.2) is 31.8 Å². The summed E-state index contributed by atoms with van der Waals surface area (Å²) >= 11 is 0. The minimum absolute atomic E-state index is 0.000908. The van der Waals surface area contributed by atoms with Crippen LogP contribution in [0.5, 0.6) is 0 Å². The van der Waals surface area contributed by atoms with E-state index in [1.54, 1.807) is 4.68 Å². The molecule has 0 bridgehead atoms. The molecule has 3 rings (SSSR count). The molecule has 1 aromatic heterocycles. The van der Waals surface area contributed by atoms with Crippen molar-refractivity contribution in [3.8, 4) is 5.69 Å². The molecule has 0 atom stereocenters. The second-order valence-electron chi connectivity index (χ2n) is 4.75. The summed E-state index contributed by atoms with van der Waals surface area (Å²) in [5.74, 6) is 0.153. The maximum Gasteiger partial charge on any atom is 0.243 e. The van der Waals surface area contributed by atoms with E-state index >= 15 is 0 Å². The Morgan fingerprint density at radius 1 is 1.45 bits per heavy atom. The molecule has 0 unspecified atom stereocenters. The van der Waals surface area contributed by atoms with Crippen molar-refractivity contribution in [2.24, 2.45) is 11.0 Å². The van der Waals surface area contributed by atoms with Gasteiger partial charge in [0.05, 0.1) is 11.4 Å². The first-order chi connectivity index (χ1) is 9.74. The summed E-state index contributed by atoms with van der Waals surface area (Å²) in [6, 6.07) is 7.64. The molecule has 1 heterocycles. The fourth-order valence-corrected chi connectivity index (χ4v) is 1.79. The Bertz CT molecular complexity index is 645. The van der Waals surface area contributed by atoms with Gasteiger partial charge in [-0.15, -0.1) is 5.10 Å². The van der Waals surface area contributed by atoms with Crippen LogP contribution in [0.3, 0.4) is 0 Å². The quantitative estimate of drug-likeness (QED) is 0.661. The Kier molecular flexibility index (Phi) is 3.24. The summed E-state index contributed by atoms with van der Waals surface area (Å²) in [5.41, 5.74) is 5.10. The van der Waals surface area contributed by atoms with Crippen LogP contribution in [0.4, 0.5) is 0 Å². The number of hydrogen-bond donors (Lipinski definition) is 1. The van der Waals surface area contributed by atoms with Crippen molar-refractivity contribution < 1.29 is 4.79 Å². The van der Waals surface area contributed by atoms with Crippen LogP contribution < -0.4 is 5.43 Å². The first-order valence-electron chi connectivity index (χ1n) is 6.42. The third-order valence-electron chi connectivity index (χ3n) is 3.16. The number of tetrazole rings is 1. The molecular weight excluding hydrogens is 256 g/mol. The highest BCUT2D eigenvalue weighted by molar-refractivity contribution is 5.99. The lowest BCUT2D eigenvalue weighted by Crippen LogP contribution is -2.20. The number of hydrogen-bond acceptors (Lipinski definition) is 5. The van der Waals surface area contributed by atoms with Gasteiger partial charge in [0.25, 0.3) is 0 Å². The van der Waals surface area contributed by atoms with Crippen LogP contribution in [0.15, 0.2) is 35.7 Å². The topological polar surface area (TPSA) is 85.1 Å². The Balaban J connectivity index is 1.77. The van der Waals surface area contributed by atoms with Gasteiger partial charge in [0.15, 0.2) is 0 Å². The molecule has 1 fully saturated rings. The van der Waals surface area contributed by atoms with Crippen molar-refractivity contribution in [2.45, 2.75) is 19.8 Å². The van der Waals surface area contributed by atoms with Crippen molar-refractivity contribution in [3.63, 3.8) is 0 Å². The van der Waals surface area contributed by atoms with E-state index in [1.807, 2.05) is 31.2 Å². The molecule has 2 aromatic rings. The third-order valence-corrected chi connectivity index (χ3v) is 3.16. The molecule has 102 valence electrons. The van der Waals surface area contributed by atoms with Gasteiger partial charge in [-0.1, -0.05) is 12.1 Å². The third kappa shape index (κ3) is 2.71. The highest BCUT2D eigenvalue weighted by atomic mass is 16.2. The Morgan fingerprint density at radius 2 is 2.30 bits per heavy atom. The molecule has 0 radical (unpaired) electrons. The summed E-state index contributed by atoms with van der Waals surface area (Å²) < 4.78 is 1.57. The predicted molar refractivity (Wildman–Crippen MR) is 72.2 cm³/mol. The predicted octanol–water partition coefficient (Wildman–Crippen LogP) is 0.913. The molecule has 1 aromatic carbocycles. The van der Waals surface area contributed by atoms with Crippen LogP contribution >= 0.6 is 0 Å². The lowest BCUT2D eigenvalue weighted by molar-refractivity contribution is -0.122. The highest BCUT2D eigenvalue weighted by Gasteiger charge is 2.29. The normalized spacial score (nSPS) is 15.2. The van der Waals surface area contributed by atoms with Crippen molar-refractivity contribution in [1.29, 1.82) is 0 Å². The largest absolute Gasteiger partial charge is 0.273 e. The van der Waals surface area contributed by atoms with Gasteiger partial charge in [-0.3, -0.25) is 4.79 Å². The molecule has 1 aliphatic carbocycles. The summed E-state index contributed by atoms with van der Waals surface area (Å²) in [4.78, 5) is 11.5. The fourth-order valence-electron chi connectivity index (χ4n) is 1.79. The maximum absolute atomic E-state index is 11.5. The van der Waals surface area contributed by atoms with Crippen LogP contribution in [0.25, 0.3) is 5.69 Å². The van der Waals surface area contributed by atoms with Gasteiger partial charge < -0.3 is 0 Å². The molecule has 7 nitrogen and oxygen atoms in total. The zero-order chi connectivity index (χ0) is 13.9. The van der Waals surface area contributed by atoms with Crippen molar-refractivity contribution >= 4 is 11.6 Å². The number of aromatic nitrogens is 4. The van der Waals surface area contributed by atoms with E-state index in [0.717, 1.165) is 29.8 Å². The van der Waals surface area contributed by atoms with Crippen LogP contribution in [0.1, 0.15) is 25.3 Å². The van der Waals surface area contributed by atoms with Gasteiger partial charge in [0.1, 0.15) is 6.33 Å². The van der Waals surface area contributed by atoms with Gasteiger partial charge in [-0.05, 0) is 47.9 Å². The second-order valence-corrected chi connectivity index (χ2v) is 4.75. The average molecular weight is 270 g/mol. The molecule has 1 aliphatic rings. The molecular formula is C13H14N6O. The summed E-state index contributed by atoms with van der Waals surface area (Å²) in [6.07, 6.45) is 3.46. The van der Waals surface area contributed by atoms with E-state index in [4.69, 9.17) is 0 Å². The lowest BCUT2D eigenvalue weighted by atomic mass is 10.1. The Hall–Kier alpha value is -2.57. The first-order valence-corrected chi connectivity index (χ1v) is 6.42. The van der Waals surface area contributed by atoms with Crippen molar-refractivity contribution in [1.82, 2.24) is 25.6 Å². The molecule has 0 saturated heterocycles. The number of rotatable bonds is 4. The number of carbonyl (C=O) groups excluding carboxylic acids is 1. The van der Waals surface area contributed by atoms with Gasteiger partial charge >= 0.3 is 0 Å². The average Bonchev–Trinajstić information content (AvgIpc) is 3.19. The lowest BCUT2D eigenvalue weighted by Gasteiger charge is -2.05. The standard InChI is InChI=1S/C13H14N6O/c1-9(15-16-13(20)10-5-6-10)11-3-2-4-12(7-11)19-8-14-17-18-19/h2-4,7-8,10H,5-6H2,1H3,(H,16,20)/b15-9+. The number of carbonyl (C=O) groups is 1. The van der Waals surface area contributed by atoms with E-state index in [-0.39, 0.29) is 11.8 Å². The van der Waals surface area contributed by atoms with E-state index < -0.39 is 0 Å². The molecule has 1 saturated carbocycles. The zero-order valence-electron chi connectivity index (χ0n) is 11.0. The van der Waals surface area contributed by atoms with Crippen LogP contribution in [0.2, 0.25) is 0 Å². The first kappa shape index (κ1) is 12.5. The van der Waals surface area contributed by atoms with Crippen LogP contribution in [0, 0.1) is 5.92 Å². The molecule has 20 heavy (non-hydrogen) atoms. The summed E-state index contributed by atoms with van der Waals surface area (Å²) in [5, 5.41) is 15.2. The fraction of sp³-hybridized carbons (Fsp3) is 0.308. The summed E-state index contributed by atoms with van der Waals surface area (Å²) in [6.45, 7) is 1.85.